The lowest BCUT2D eigenvalue weighted by molar-refractivity contribution is -0.121. The molecule has 2 rings (SSSR count). The van der Waals surface area contributed by atoms with E-state index in [4.69, 9.17) is 10.2 Å². The molecule has 0 atom stereocenters. The maximum Gasteiger partial charge on any atom is 0.420 e. The SMILES string of the molecule is CC(C)CCNC(=O)Cn1c(=O)oc2ccc(N)cc21. The number of hydrogen-bond donors (Lipinski definition) is 2. The Hall–Kier alpha value is -2.24. The van der Waals surface area contributed by atoms with Crippen molar-refractivity contribution in [1.29, 1.82) is 0 Å². The lowest BCUT2D eigenvalue weighted by atomic mass is 10.1. The quantitative estimate of drug-likeness (QED) is 0.807. The first kappa shape index (κ1) is 14.2. The largest absolute Gasteiger partial charge is 0.420 e. The zero-order valence-corrected chi connectivity index (χ0v) is 11.7. The highest BCUT2D eigenvalue weighted by Gasteiger charge is 2.12. The van der Waals surface area contributed by atoms with Crippen LogP contribution in [0.1, 0.15) is 20.3 Å². The molecule has 108 valence electrons. The van der Waals surface area contributed by atoms with Crippen molar-refractivity contribution in [2.45, 2.75) is 26.8 Å². The lowest BCUT2D eigenvalue weighted by Crippen LogP contribution is -2.31. The number of nitrogen functional groups attached to an aromatic ring is 1. The molecule has 6 heteroatoms. The highest BCUT2D eigenvalue weighted by Crippen LogP contribution is 2.16. The van der Waals surface area contributed by atoms with Crippen LogP contribution in [0.3, 0.4) is 0 Å². The number of nitrogens with one attached hydrogen (secondary N) is 1. The molecular formula is C14H19N3O3. The molecule has 0 unspecified atom stereocenters. The fourth-order valence-corrected chi connectivity index (χ4v) is 1.93. The summed E-state index contributed by atoms with van der Waals surface area (Å²) in [6.45, 7) is 4.71. The van der Waals surface area contributed by atoms with Gasteiger partial charge in [-0.25, -0.2) is 4.79 Å². The van der Waals surface area contributed by atoms with E-state index < -0.39 is 5.76 Å². The van der Waals surface area contributed by atoms with Crippen LogP contribution in [0.5, 0.6) is 0 Å². The minimum Gasteiger partial charge on any atom is -0.408 e. The molecule has 0 saturated carbocycles. The number of oxazole rings is 1. The van der Waals surface area contributed by atoms with Crippen molar-refractivity contribution in [3.63, 3.8) is 0 Å². The topological polar surface area (TPSA) is 90.3 Å². The minimum atomic E-state index is -0.551. The second-order valence-corrected chi connectivity index (χ2v) is 5.21. The molecule has 6 nitrogen and oxygen atoms in total. The fourth-order valence-electron chi connectivity index (χ4n) is 1.93. The molecule has 0 bridgehead atoms. The Balaban J connectivity index is 2.13. The third-order valence-corrected chi connectivity index (χ3v) is 3.04. The number of anilines is 1. The van der Waals surface area contributed by atoms with Crippen molar-refractivity contribution in [1.82, 2.24) is 9.88 Å². The summed E-state index contributed by atoms with van der Waals surface area (Å²) in [6.07, 6.45) is 0.903. The second-order valence-electron chi connectivity index (χ2n) is 5.21. The van der Waals surface area contributed by atoms with Crippen molar-refractivity contribution in [2.75, 3.05) is 12.3 Å². The van der Waals surface area contributed by atoms with E-state index in [2.05, 4.69) is 19.2 Å². The van der Waals surface area contributed by atoms with E-state index in [1.165, 1.54) is 4.57 Å². The third-order valence-electron chi connectivity index (χ3n) is 3.04. The maximum absolute atomic E-state index is 11.8. The second kappa shape index (κ2) is 5.81. The Bertz CT molecular complexity index is 670. The summed E-state index contributed by atoms with van der Waals surface area (Å²) in [5, 5.41) is 2.79. The number of carbonyl (C=O) groups is 1. The Labute approximate surface area is 116 Å². The first-order valence-corrected chi connectivity index (χ1v) is 6.63. The average molecular weight is 277 g/mol. The zero-order chi connectivity index (χ0) is 14.7. The highest BCUT2D eigenvalue weighted by atomic mass is 16.4. The van der Waals surface area contributed by atoms with Crippen LogP contribution >= 0.6 is 0 Å². The molecule has 0 spiro atoms. The first-order chi connectivity index (χ1) is 9.47. The maximum atomic E-state index is 11.8. The Morgan fingerprint density at radius 3 is 2.90 bits per heavy atom. The van der Waals surface area contributed by atoms with Crippen LogP contribution < -0.4 is 16.8 Å². The van der Waals surface area contributed by atoms with Crippen LogP contribution in [-0.2, 0) is 11.3 Å². The standard InChI is InChI=1S/C14H19N3O3/c1-9(2)5-6-16-13(18)8-17-11-7-10(15)3-4-12(11)20-14(17)19/h3-4,7,9H,5-6,8,15H2,1-2H3,(H,16,18). The highest BCUT2D eigenvalue weighted by molar-refractivity contribution is 5.81. The van der Waals surface area contributed by atoms with E-state index in [0.29, 0.717) is 29.2 Å². The molecule has 0 aliphatic heterocycles. The van der Waals surface area contributed by atoms with Gasteiger partial charge in [0, 0.05) is 12.2 Å². The number of benzene rings is 1. The van der Waals surface area contributed by atoms with Crippen molar-refractivity contribution >= 4 is 22.7 Å². The van der Waals surface area contributed by atoms with Gasteiger partial charge < -0.3 is 15.5 Å². The summed E-state index contributed by atoms with van der Waals surface area (Å²) < 4.78 is 6.36. The van der Waals surface area contributed by atoms with E-state index in [1.807, 2.05) is 0 Å². The summed E-state index contributed by atoms with van der Waals surface area (Å²) in [5.74, 6) is -0.241. The van der Waals surface area contributed by atoms with Gasteiger partial charge in [-0.2, -0.15) is 0 Å². The van der Waals surface area contributed by atoms with Crippen LogP contribution in [0.2, 0.25) is 0 Å². The van der Waals surface area contributed by atoms with Crippen molar-refractivity contribution in [3.05, 3.63) is 28.7 Å². The number of rotatable bonds is 5. The molecule has 1 amide bonds. The molecule has 0 radical (unpaired) electrons. The molecule has 0 fully saturated rings. The molecule has 0 aliphatic rings. The number of hydrogen-bond acceptors (Lipinski definition) is 4. The van der Waals surface area contributed by atoms with Gasteiger partial charge in [0.1, 0.15) is 6.54 Å². The predicted octanol–water partition coefficient (Wildman–Crippen LogP) is 1.34. The van der Waals surface area contributed by atoms with Gasteiger partial charge in [0.2, 0.25) is 5.91 Å². The summed E-state index contributed by atoms with van der Waals surface area (Å²) in [7, 11) is 0. The third kappa shape index (κ3) is 3.20. The van der Waals surface area contributed by atoms with Crippen LogP contribution in [-0.4, -0.2) is 17.0 Å². The monoisotopic (exact) mass is 277 g/mol. The molecule has 2 aromatic rings. The molecule has 3 N–H and O–H groups in total. The van der Waals surface area contributed by atoms with Gasteiger partial charge in [0.15, 0.2) is 5.58 Å². The van der Waals surface area contributed by atoms with Gasteiger partial charge in [0.05, 0.1) is 5.52 Å². The molecule has 1 aromatic carbocycles. The number of carbonyl (C=O) groups excluding carboxylic acids is 1. The lowest BCUT2D eigenvalue weighted by Gasteiger charge is -2.07. The smallest absolute Gasteiger partial charge is 0.408 e. The Morgan fingerprint density at radius 2 is 2.20 bits per heavy atom. The number of fused-ring (bicyclic) bond motifs is 1. The van der Waals surface area contributed by atoms with E-state index in [-0.39, 0.29) is 12.5 Å². The van der Waals surface area contributed by atoms with Gasteiger partial charge >= 0.3 is 5.76 Å². The zero-order valence-electron chi connectivity index (χ0n) is 11.7. The molecule has 0 saturated heterocycles. The fraction of sp³-hybridized carbons (Fsp3) is 0.429. The number of aromatic nitrogens is 1. The average Bonchev–Trinajstić information content (AvgIpc) is 2.65. The number of nitrogens with two attached hydrogens (primary N) is 1. The van der Waals surface area contributed by atoms with Crippen molar-refractivity contribution < 1.29 is 9.21 Å². The van der Waals surface area contributed by atoms with Crippen molar-refractivity contribution in [3.8, 4) is 0 Å². The van der Waals surface area contributed by atoms with E-state index in [9.17, 15) is 9.59 Å². The van der Waals surface area contributed by atoms with Crippen LogP contribution in [0.4, 0.5) is 5.69 Å². The van der Waals surface area contributed by atoms with Gasteiger partial charge in [-0.15, -0.1) is 0 Å². The minimum absolute atomic E-state index is 0.0621. The van der Waals surface area contributed by atoms with Crippen LogP contribution in [0.15, 0.2) is 27.4 Å². The molecule has 0 aliphatic carbocycles. The molecule has 20 heavy (non-hydrogen) atoms. The van der Waals surface area contributed by atoms with E-state index in [0.717, 1.165) is 6.42 Å². The van der Waals surface area contributed by atoms with Crippen LogP contribution in [0, 0.1) is 5.92 Å². The number of amides is 1. The summed E-state index contributed by atoms with van der Waals surface area (Å²) in [4.78, 5) is 23.6. The summed E-state index contributed by atoms with van der Waals surface area (Å²) in [6, 6.07) is 4.90. The predicted molar refractivity (Wildman–Crippen MR) is 77.4 cm³/mol. The Kier molecular flexibility index (Phi) is 4.12. The van der Waals surface area contributed by atoms with Crippen LogP contribution in [0.25, 0.3) is 11.1 Å². The normalized spacial score (nSPS) is 11.2. The van der Waals surface area contributed by atoms with E-state index in [1.54, 1.807) is 18.2 Å². The summed E-state index contributed by atoms with van der Waals surface area (Å²) in [5.41, 5.74) is 7.18. The van der Waals surface area contributed by atoms with Gasteiger partial charge in [-0.3, -0.25) is 9.36 Å². The van der Waals surface area contributed by atoms with Gasteiger partial charge in [-0.05, 0) is 30.5 Å². The van der Waals surface area contributed by atoms with Gasteiger partial charge in [-0.1, -0.05) is 13.8 Å². The van der Waals surface area contributed by atoms with Gasteiger partial charge in [0.25, 0.3) is 0 Å². The Morgan fingerprint density at radius 1 is 1.45 bits per heavy atom. The number of nitrogens with zero attached hydrogens (tertiary/aromatic N) is 1. The first-order valence-electron chi connectivity index (χ1n) is 6.63. The summed E-state index contributed by atoms with van der Waals surface area (Å²) >= 11 is 0. The molecule has 1 heterocycles. The van der Waals surface area contributed by atoms with E-state index >= 15 is 0 Å². The molecular weight excluding hydrogens is 258 g/mol. The molecule has 1 aromatic heterocycles. The van der Waals surface area contributed by atoms with Crippen molar-refractivity contribution in [2.24, 2.45) is 5.92 Å².